The molecule has 2 nitrogen and oxygen atoms in total. The van der Waals surface area contributed by atoms with Crippen LogP contribution in [0.1, 0.15) is 144 Å². The van der Waals surface area contributed by atoms with Gasteiger partial charge in [0.1, 0.15) is 0 Å². The summed E-state index contributed by atoms with van der Waals surface area (Å²) in [6.45, 7) is 12.3. The Kier molecular flexibility index (Phi) is 21.5. The van der Waals surface area contributed by atoms with Crippen LogP contribution in [0.5, 0.6) is 0 Å². The lowest BCUT2D eigenvalue weighted by molar-refractivity contribution is 0.114. The van der Waals surface area contributed by atoms with E-state index in [-0.39, 0.29) is 0 Å². The van der Waals surface area contributed by atoms with Gasteiger partial charge in [0.15, 0.2) is 0 Å². The van der Waals surface area contributed by atoms with Gasteiger partial charge in [-0.05, 0) is 31.9 Å². The molecular formula is C26H56O2Si. The second-order valence-electron chi connectivity index (χ2n) is 9.13. The van der Waals surface area contributed by atoms with Crippen molar-refractivity contribution in [2.24, 2.45) is 0 Å². The number of hydrogen-bond acceptors (Lipinski definition) is 2. The molecule has 3 heteroatoms. The number of unbranched alkanes of at least 4 members (excludes halogenated alkanes) is 14. The van der Waals surface area contributed by atoms with Crippen LogP contribution in [0, 0.1) is 0 Å². The maximum absolute atomic E-state index is 6.57. The zero-order valence-electron chi connectivity index (χ0n) is 21.0. The van der Waals surface area contributed by atoms with Gasteiger partial charge in [0.25, 0.3) is 0 Å². The summed E-state index contributed by atoms with van der Waals surface area (Å²) in [5, 5.41) is 0. The van der Waals surface area contributed by atoms with Gasteiger partial charge in [0.2, 0.25) is 0 Å². The molecule has 0 N–H and O–H groups in total. The first kappa shape index (κ1) is 29.1. The van der Waals surface area contributed by atoms with E-state index in [0.717, 1.165) is 18.7 Å². The number of rotatable bonds is 23. The fraction of sp³-hybridized carbons (Fsp3) is 1.00. The third-order valence-corrected chi connectivity index (χ3v) is 10.0. The Morgan fingerprint density at radius 2 is 0.966 bits per heavy atom. The summed E-state index contributed by atoms with van der Waals surface area (Å²) in [4.78, 5) is 0. The lowest BCUT2D eigenvalue weighted by Gasteiger charge is -2.32. The van der Waals surface area contributed by atoms with E-state index in [1.807, 2.05) is 0 Å². The van der Waals surface area contributed by atoms with Gasteiger partial charge in [0, 0.05) is 12.7 Å². The molecule has 0 aliphatic rings. The molecule has 0 aromatic heterocycles. The SMILES string of the molecule is CCCCCCCCCCCCO[Si](CC)(CC)OC(C)CCCCCCCC. The van der Waals surface area contributed by atoms with Crippen molar-refractivity contribution in [3.8, 4) is 0 Å². The van der Waals surface area contributed by atoms with Crippen molar-refractivity contribution in [1.29, 1.82) is 0 Å². The van der Waals surface area contributed by atoms with Crippen molar-refractivity contribution in [1.82, 2.24) is 0 Å². The molecule has 0 radical (unpaired) electrons. The molecule has 0 aliphatic heterocycles. The van der Waals surface area contributed by atoms with E-state index in [2.05, 4.69) is 34.6 Å². The Morgan fingerprint density at radius 3 is 1.41 bits per heavy atom. The molecule has 0 saturated heterocycles. The van der Waals surface area contributed by atoms with Crippen LogP contribution in [-0.4, -0.2) is 21.3 Å². The smallest absolute Gasteiger partial charge is 0.337 e. The van der Waals surface area contributed by atoms with Gasteiger partial charge in [-0.3, -0.25) is 0 Å². The Balaban J connectivity index is 3.81. The largest absolute Gasteiger partial charge is 0.394 e. The molecular weight excluding hydrogens is 372 g/mol. The molecule has 0 spiro atoms. The zero-order valence-corrected chi connectivity index (χ0v) is 22.0. The summed E-state index contributed by atoms with van der Waals surface area (Å²) in [6.07, 6.45) is 23.5. The average molecular weight is 429 g/mol. The highest BCUT2D eigenvalue weighted by Gasteiger charge is 2.35. The van der Waals surface area contributed by atoms with Gasteiger partial charge in [-0.15, -0.1) is 0 Å². The molecule has 0 heterocycles. The minimum absolute atomic E-state index is 0.362. The van der Waals surface area contributed by atoms with Gasteiger partial charge < -0.3 is 8.85 Å². The van der Waals surface area contributed by atoms with Crippen LogP contribution in [-0.2, 0) is 8.85 Å². The van der Waals surface area contributed by atoms with E-state index >= 15 is 0 Å². The van der Waals surface area contributed by atoms with E-state index in [0.29, 0.717) is 6.10 Å². The van der Waals surface area contributed by atoms with Crippen molar-refractivity contribution in [3.63, 3.8) is 0 Å². The standard InChI is InChI=1S/C26H56O2Si/c1-6-10-12-14-16-17-18-19-21-23-25-27-29(8-3,9-4)28-26(5)24-22-20-15-13-11-7-2/h26H,6-25H2,1-5H3. The van der Waals surface area contributed by atoms with Gasteiger partial charge in [-0.2, -0.15) is 0 Å². The molecule has 0 bridgehead atoms. The van der Waals surface area contributed by atoms with Crippen molar-refractivity contribution in [2.45, 2.75) is 162 Å². The number of hydrogen-bond donors (Lipinski definition) is 0. The summed E-state index contributed by atoms with van der Waals surface area (Å²) in [6, 6.07) is 2.17. The molecule has 29 heavy (non-hydrogen) atoms. The summed E-state index contributed by atoms with van der Waals surface area (Å²) in [5.74, 6) is 0. The first-order valence-electron chi connectivity index (χ1n) is 13.5. The lowest BCUT2D eigenvalue weighted by atomic mass is 10.1. The van der Waals surface area contributed by atoms with Crippen LogP contribution in [0.3, 0.4) is 0 Å². The Labute approximate surface area is 186 Å². The van der Waals surface area contributed by atoms with Gasteiger partial charge in [0.05, 0.1) is 0 Å². The fourth-order valence-corrected chi connectivity index (χ4v) is 6.82. The molecule has 0 saturated carbocycles. The van der Waals surface area contributed by atoms with E-state index in [1.165, 1.54) is 109 Å². The van der Waals surface area contributed by atoms with Crippen LogP contribution >= 0.6 is 0 Å². The predicted octanol–water partition coefficient (Wildman–Crippen LogP) is 9.56. The average Bonchev–Trinajstić information content (AvgIpc) is 2.73. The third-order valence-electron chi connectivity index (χ3n) is 6.32. The zero-order chi connectivity index (χ0) is 21.6. The second kappa shape index (κ2) is 21.4. The van der Waals surface area contributed by atoms with Gasteiger partial charge in [-0.1, -0.05) is 124 Å². The Hall–Kier alpha value is 0.137. The molecule has 0 aliphatic carbocycles. The normalized spacial score (nSPS) is 13.1. The maximum atomic E-state index is 6.57. The van der Waals surface area contributed by atoms with E-state index in [1.54, 1.807) is 0 Å². The van der Waals surface area contributed by atoms with E-state index < -0.39 is 8.56 Å². The van der Waals surface area contributed by atoms with Crippen molar-refractivity contribution in [3.05, 3.63) is 0 Å². The molecule has 0 fully saturated rings. The monoisotopic (exact) mass is 428 g/mol. The molecule has 0 aromatic carbocycles. The van der Waals surface area contributed by atoms with Crippen LogP contribution < -0.4 is 0 Å². The van der Waals surface area contributed by atoms with E-state index in [9.17, 15) is 0 Å². The molecule has 1 atom stereocenters. The molecule has 0 amide bonds. The van der Waals surface area contributed by atoms with Crippen LogP contribution in [0.25, 0.3) is 0 Å². The topological polar surface area (TPSA) is 18.5 Å². The van der Waals surface area contributed by atoms with Gasteiger partial charge >= 0.3 is 8.56 Å². The van der Waals surface area contributed by atoms with Crippen LogP contribution in [0.2, 0.25) is 12.1 Å². The second-order valence-corrected chi connectivity index (χ2v) is 12.9. The third kappa shape index (κ3) is 17.5. The summed E-state index contributed by atoms with van der Waals surface area (Å²) in [7, 11) is -1.98. The van der Waals surface area contributed by atoms with Crippen molar-refractivity contribution in [2.75, 3.05) is 6.61 Å². The Morgan fingerprint density at radius 1 is 0.552 bits per heavy atom. The first-order chi connectivity index (χ1) is 14.1. The van der Waals surface area contributed by atoms with Crippen LogP contribution in [0.15, 0.2) is 0 Å². The summed E-state index contributed by atoms with van der Waals surface area (Å²) in [5.41, 5.74) is 0. The minimum atomic E-state index is -1.98. The highest BCUT2D eigenvalue weighted by molar-refractivity contribution is 6.67. The Bertz CT molecular complexity index is 318. The first-order valence-corrected chi connectivity index (χ1v) is 15.7. The molecule has 0 rings (SSSR count). The maximum Gasteiger partial charge on any atom is 0.337 e. The minimum Gasteiger partial charge on any atom is -0.394 e. The molecule has 0 aromatic rings. The predicted molar refractivity (Wildman–Crippen MR) is 133 cm³/mol. The van der Waals surface area contributed by atoms with Crippen molar-refractivity contribution < 1.29 is 8.85 Å². The van der Waals surface area contributed by atoms with Gasteiger partial charge in [-0.25, -0.2) is 0 Å². The summed E-state index contributed by atoms with van der Waals surface area (Å²) >= 11 is 0. The highest BCUT2D eigenvalue weighted by Crippen LogP contribution is 2.23. The highest BCUT2D eigenvalue weighted by atomic mass is 28.4. The quantitative estimate of drug-likeness (QED) is 0.119. The van der Waals surface area contributed by atoms with Crippen molar-refractivity contribution >= 4 is 8.56 Å². The fourth-order valence-electron chi connectivity index (χ4n) is 4.14. The lowest BCUT2D eigenvalue weighted by Crippen LogP contribution is -2.43. The summed E-state index contributed by atoms with van der Waals surface area (Å²) < 4.78 is 13.0. The molecule has 176 valence electrons. The van der Waals surface area contributed by atoms with Crippen LogP contribution in [0.4, 0.5) is 0 Å². The van der Waals surface area contributed by atoms with E-state index in [4.69, 9.17) is 8.85 Å². The molecule has 1 unspecified atom stereocenters.